The van der Waals surface area contributed by atoms with Crippen LogP contribution in [0.2, 0.25) is 5.82 Å². The highest BCUT2D eigenvalue weighted by Crippen LogP contribution is 2.27. The highest BCUT2D eigenvalue weighted by molar-refractivity contribution is 6.29. The van der Waals surface area contributed by atoms with Crippen LogP contribution in [0.5, 0.6) is 0 Å². The van der Waals surface area contributed by atoms with Crippen LogP contribution in [0.1, 0.15) is 40.5 Å². The van der Waals surface area contributed by atoms with Gasteiger partial charge in [0.2, 0.25) is 0 Å². The Kier molecular flexibility index (Phi) is 4.21. The molecule has 0 aliphatic carbocycles. The summed E-state index contributed by atoms with van der Waals surface area (Å²) < 4.78 is 5.86. The lowest BCUT2D eigenvalue weighted by Crippen LogP contribution is -2.48. The van der Waals surface area contributed by atoms with Crippen molar-refractivity contribution in [1.82, 2.24) is 5.32 Å². The summed E-state index contributed by atoms with van der Waals surface area (Å²) in [6.45, 7) is 9.70. The molecule has 3 nitrogen and oxygen atoms in total. The van der Waals surface area contributed by atoms with Gasteiger partial charge in [0.25, 0.3) is 7.48 Å². The summed E-state index contributed by atoms with van der Waals surface area (Å²) in [5.74, 6) is 0.646. The zero-order chi connectivity index (χ0) is 11.5. The second-order valence-electron chi connectivity index (χ2n) is 5.57. The Morgan fingerprint density at radius 1 is 1.20 bits per heavy atom. The Morgan fingerprint density at radius 2 is 1.73 bits per heavy atom. The minimum atomic E-state index is -0.792. The lowest BCUT2D eigenvalue weighted by Gasteiger charge is -2.39. The molecule has 0 radical (unpaired) electrons. The van der Waals surface area contributed by atoms with E-state index >= 15 is 0 Å². The maximum Gasteiger partial charge on any atom is 0.279 e. The highest BCUT2D eigenvalue weighted by atomic mass is 16.5. The molecule has 0 atom stereocenters. The van der Waals surface area contributed by atoms with Crippen molar-refractivity contribution < 1.29 is 9.76 Å². The van der Waals surface area contributed by atoms with Crippen LogP contribution in [0.15, 0.2) is 0 Å². The van der Waals surface area contributed by atoms with Gasteiger partial charge in [-0.15, -0.1) is 0 Å². The van der Waals surface area contributed by atoms with Crippen LogP contribution >= 0.6 is 0 Å². The molecule has 1 saturated heterocycles. The van der Waals surface area contributed by atoms with Crippen LogP contribution < -0.4 is 5.32 Å². The fourth-order valence-corrected chi connectivity index (χ4v) is 1.55. The van der Waals surface area contributed by atoms with Gasteiger partial charge in [0.05, 0.1) is 11.2 Å². The maximum absolute atomic E-state index is 9.94. The minimum Gasteiger partial charge on any atom is -0.432 e. The Hall–Kier alpha value is -0.0551. The molecule has 4 heteroatoms. The van der Waals surface area contributed by atoms with Crippen molar-refractivity contribution in [1.29, 1.82) is 0 Å². The molecule has 0 unspecified atom stereocenters. The van der Waals surface area contributed by atoms with Gasteiger partial charge in [0.15, 0.2) is 0 Å². The molecule has 0 aromatic carbocycles. The van der Waals surface area contributed by atoms with Gasteiger partial charge in [-0.05, 0) is 59.4 Å². The maximum atomic E-state index is 9.94. The number of aliphatic hydroxyl groups is 1. The molecule has 2 N–H and O–H groups in total. The first-order valence-corrected chi connectivity index (χ1v) is 5.90. The van der Waals surface area contributed by atoms with Crippen molar-refractivity contribution in [3.63, 3.8) is 0 Å². The van der Waals surface area contributed by atoms with Crippen LogP contribution in [0.25, 0.3) is 0 Å². The highest BCUT2D eigenvalue weighted by Gasteiger charge is 2.36. The first-order chi connectivity index (χ1) is 6.83. The van der Waals surface area contributed by atoms with E-state index in [9.17, 15) is 5.11 Å². The predicted octanol–water partition coefficient (Wildman–Crippen LogP) is 1.08. The van der Waals surface area contributed by atoms with E-state index in [0.29, 0.717) is 5.82 Å². The second-order valence-corrected chi connectivity index (χ2v) is 5.57. The molecule has 0 bridgehead atoms. The van der Waals surface area contributed by atoms with Gasteiger partial charge in [-0.2, -0.15) is 0 Å². The number of rotatable bonds is 4. The SMILES string of the molecule is CC(C)(O)C(C)(C)OBC1CCNCC1. The molecule has 0 aromatic rings. The topological polar surface area (TPSA) is 41.5 Å². The molecule has 0 amide bonds. The summed E-state index contributed by atoms with van der Waals surface area (Å²) in [6, 6.07) is 0. The van der Waals surface area contributed by atoms with Crippen molar-refractivity contribution in [3.8, 4) is 0 Å². The van der Waals surface area contributed by atoms with Gasteiger partial charge >= 0.3 is 0 Å². The molecule has 0 spiro atoms. The van der Waals surface area contributed by atoms with Crippen LogP contribution in [0, 0.1) is 0 Å². The molecule has 1 aliphatic rings. The van der Waals surface area contributed by atoms with Crippen LogP contribution in [0.3, 0.4) is 0 Å². The van der Waals surface area contributed by atoms with E-state index in [2.05, 4.69) is 5.32 Å². The lowest BCUT2D eigenvalue weighted by molar-refractivity contribution is -0.0912. The molecule has 15 heavy (non-hydrogen) atoms. The molecule has 0 saturated carbocycles. The smallest absolute Gasteiger partial charge is 0.279 e. The second kappa shape index (κ2) is 4.85. The normalized spacial score (nSPS) is 20.3. The number of hydrogen-bond acceptors (Lipinski definition) is 3. The third-order valence-electron chi connectivity index (χ3n) is 3.61. The Balaban J connectivity index is 2.35. The summed E-state index contributed by atoms with van der Waals surface area (Å²) in [5.41, 5.74) is -1.27. The monoisotopic (exact) mass is 213 g/mol. The Labute approximate surface area is 93.9 Å². The van der Waals surface area contributed by atoms with Crippen LogP contribution in [-0.4, -0.2) is 36.9 Å². The molecule has 1 rings (SSSR count). The molecule has 88 valence electrons. The van der Waals surface area contributed by atoms with E-state index in [1.807, 2.05) is 13.8 Å². The van der Waals surface area contributed by atoms with Gasteiger partial charge in [0.1, 0.15) is 0 Å². The predicted molar refractivity (Wildman–Crippen MR) is 64.5 cm³/mol. The van der Waals surface area contributed by atoms with Gasteiger partial charge in [-0.1, -0.05) is 0 Å². The summed E-state index contributed by atoms with van der Waals surface area (Å²) in [6.07, 6.45) is 2.36. The summed E-state index contributed by atoms with van der Waals surface area (Å²) in [7, 11) is 0.763. The van der Waals surface area contributed by atoms with Crippen molar-refractivity contribution in [2.24, 2.45) is 0 Å². The van der Waals surface area contributed by atoms with E-state index in [0.717, 1.165) is 20.6 Å². The van der Waals surface area contributed by atoms with Crippen molar-refractivity contribution in [2.75, 3.05) is 13.1 Å². The quantitative estimate of drug-likeness (QED) is 0.686. The average Bonchev–Trinajstić information content (AvgIpc) is 2.15. The van der Waals surface area contributed by atoms with E-state index in [4.69, 9.17) is 4.65 Å². The van der Waals surface area contributed by atoms with E-state index < -0.39 is 11.2 Å². The number of piperidine rings is 1. The van der Waals surface area contributed by atoms with Crippen molar-refractivity contribution in [3.05, 3.63) is 0 Å². The summed E-state index contributed by atoms with van der Waals surface area (Å²) in [4.78, 5) is 0. The molecule has 1 fully saturated rings. The third kappa shape index (κ3) is 3.78. The summed E-state index contributed by atoms with van der Waals surface area (Å²) in [5, 5.41) is 13.3. The van der Waals surface area contributed by atoms with Gasteiger partial charge in [-0.3, -0.25) is 0 Å². The molecular formula is C11H24BNO2. The van der Waals surface area contributed by atoms with E-state index in [1.165, 1.54) is 12.8 Å². The molecule has 0 aromatic heterocycles. The number of hydrogen-bond donors (Lipinski definition) is 2. The van der Waals surface area contributed by atoms with E-state index in [1.54, 1.807) is 13.8 Å². The van der Waals surface area contributed by atoms with E-state index in [-0.39, 0.29) is 0 Å². The fraction of sp³-hybridized carbons (Fsp3) is 1.00. The molecule has 1 heterocycles. The molecular weight excluding hydrogens is 189 g/mol. The van der Waals surface area contributed by atoms with Gasteiger partial charge in [0, 0.05) is 0 Å². The van der Waals surface area contributed by atoms with Crippen LogP contribution in [0.4, 0.5) is 0 Å². The number of nitrogens with one attached hydrogen (secondary N) is 1. The Bertz CT molecular complexity index is 195. The average molecular weight is 213 g/mol. The fourth-order valence-electron chi connectivity index (χ4n) is 1.55. The standard InChI is InChI=1S/C11H24BNO2/c1-10(2,14)11(3,4)15-12-9-5-7-13-8-6-9/h9,12-14H,5-8H2,1-4H3. The van der Waals surface area contributed by atoms with Crippen LogP contribution in [-0.2, 0) is 4.65 Å². The van der Waals surface area contributed by atoms with Crippen molar-refractivity contribution >= 4 is 7.48 Å². The first-order valence-electron chi connectivity index (χ1n) is 5.90. The lowest BCUT2D eigenvalue weighted by atomic mass is 9.72. The Morgan fingerprint density at radius 3 is 2.20 bits per heavy atom. The molecule has 1 aliphatic heterocycles. The zero-order valence-electron chi connectivity index (χ0n) is 10.5. The van der Waals surface area contributed by atoms with Crippen molar-refractivity contribution in [2.45, 2.75) is 57.6 Å². The van der Waals surface area contributed by atoms with Gasteiger partial charge < -0.3 is 15.1 Å². The summed E-state index contributed by atoms with van der Waals surface area (Å²) >= 11 is 0. The third-order valence-corrected chi connectivity index (χ3v) is 3.61. The largest absolute Gasteiger partial charge is 0.432 e. The minimum absolute atomic E-state index is 0.474. The zero-order valence-corrected chi connectivity index (χ0v) is 10.5. The first kappa shape index (κ1) is 13.0. The van der Waals surface area contributed by atoms with Gasteiger partial charge in [-0.25, -0.2) is 0 Å².